The summed E-state index contributed by atoms with van der Waals surface area (Å²) in [5.74, 6) is 4.97. The van der Waals surface area contributed by atoms with Gasteiger partial charge in [-0.3, -0.25) is 4.84 Å². The summed E-state index contributed by atoms with van der Waals surface area (Å²) in [4.78, 5) is 4.53. The molecule has 0 aliphatic rings. The van der Waals surface area contributed by atoms with Gasteiger partial charge in [-0.15, -0.1) is 0 Å². The monoisotopic (exact) mass is 279 g/mol. The van der Waals surface area contributed by atoms with Crippen LogP contribution < -0.4 is 5.90 Å². The molecule has 2 N–H and O–H groups in total. The molecule has 0 bridgehead atoms. The highest BCUT2D eigenvalue weighted by atomic mass is 79.9. The van der Waals surface area contributed by atoms with E-state index in [1.165, 1.54) is 0 Å². The molecule has 0 aliphatic carbocycles. The van der Waals surface area contributed by atoms with Gasteiger partial charge in [0.05, 0.1) is 13.2 Å². The quantitative estimate of drug-likeness (QED) is 0.862. The van der Waals surface area contributed by atoms with Crippen molar-refractivity contribution in [2.24, 2.45) is 5.90 Å². The normalized spacial score (nSPS) is 10.6. The lowest BCUT2D eigenvalue weighted by molar-refractivity contribution is 0.124. The second-order valence-electron chi connectivity index (χ2n) is 2.78. The molecule has 5 heteroatoms. The maximum Gasteiger partial charge on any atom is 0.0930 e. The van der Waals surface area contributed by atoms with Gasteiger partial charge >= 0.3 is 0 Å². The summed E-state index contributed by atoms with van der Waals surface area (Å²) >= 11 is 9.45. The first-order chi connectivity index (χ1) is 6.69. The van der Waals surface area contributed by atoms with Gasteiger partial charge in [0.2, 0.25) is 0 Å². The Kier molecular flexibility index (Phi) is 4.84. The Morgan fingerprint density at radius 3 is 2.64 bits per heavy atom. The van der Waals surface area contributed by atoms with Crippen LogP contribution in [0, 0.1) is 0 Å². The predicted octanol–water partition coefficient (Wildman–Crippen LogP) is 2.64. The van der Waals surface area contributed by atoms with Crippen LogP contribution >= 0.6 is 27.5 Å². The number of methoxy groups -OCH3 is 1. The van der Waals surface area contributed by atoms with Crippen LogP contribution in [0.4, 0.5) is 0 Å². The highest BCUT2D eigenvalue weighted by molar-refractivity contribution is 9.10. The summed E-state index contributed by atoms with van der Waals surface area (Å²) in [7, 11) is 1.62. The number of nitrogens with two attached hydrogens (primary N) is 1. The molecule has 0 saturated heterocycles. The van der Waals surface area contributed by atoms with Crippen molar-refractivity contribution in [1.29, 1.82) is 0 Å². The predicted molar refractivity (Wildman–Crippen MR) is 58.8 cm³/mol. The lowest BCUT2D eigenvalue weighted by Crippen LogP contribution is -2.00. The van der Waals surface area contributed by atoms with Gasteiger partial charge in [-0.2, -0.15) is 0 Å². The van der Waals surface area contributed by atoms with E-state index in [-0.39, 0.29) is 0 Å². The van der Waals surface area contributed by atoms with E-state index in [4.69, 9.17) is 22.2 Å². The Hall–Kier alpha value is -0.130. The molecule has 78 valence electrons. The topological polar surface area (TPSA) is 44.5 Å². The summed E-state index contributed by atoms with van der Waals surface area (Å²) in [6.45, 7) is 0.814. The zero-order chi connectivity index (χ0) is 10.6. The van der Waals surface area contributed by atoms with Crippen molar-refractivity contribution >= 4 is 27.5 Å². The van der Waals surface area contributed by atoms with Crippen LogP contribution in [0.2, 0.25) is 5.02 Å². The van der Waals surface area contributed by atoms with Crippen LogP contribution in [0.25, 0.3) is 0 Å². The molecule has 14 heavy (non-hydrogen) atoms. The van der Waals surface area contributed by atoms with Gasteiger partial charge in [0.1, 0.15) is 0 Å². The Balaban J connectivity index is 2.98. The number of halogens is 2. The fourth-order valence-electron chi connectivity index (χ4n) is 1.12. The summed E-state index contributed by atoms with van der Waals surface area (Å²) in [5.41, 5.74) is 1.85. The molecule has 0 saturated carbocycles. The van der Waals surface area contributed by atoms with Crippen LogP contribution in [0.3, 0.4) is 0 Å². The summed E-state index contributed by atoms with van der Waals surface area (Å²) in [6.07, 6.45) is 0. The number of ether oxygens (including phenoxy) is 1. The van der Waals surface area contributed by atoms with E-state index < -0.39 is 0 Å². The first-order valence-electron chi connectivity index (χ1n) is 3.96. The van der Waals surface area contributed by atoms with Crippen LogP contribution in [-0.4, -0.2) is 7.11 Å². The minimum atomic E-state index is 0.339. The Morgan fingerprint density at radius 2 is 2.14 bits per heavy atom. The second kappa shape index (κ2) is 5.68. The van der Waals surface area contributed by atoms with Crippen LogP contribution in [0.5, 0.6) is 0 Å². The third kappa shape index (κ3) is 2.93. The van der Waals surface area contributed by atoms with Crippen LogP contribution in [0.1, 0.15) is 11.1 Å². The second-order valence-corrected chi connectivity index (χ2v) is 4.04. The molecule has 0 aromatic heterocycles. The van der Waals surface area contributed by atoms with Crippen molar-refractivity contribution in [1.82, 2.24) is 0 Å². The minimum absolute atomic E-state index is 0.339. The van der Waals surface area contributed by atoms with Crippen molar-refractivity contribution in [2.45, 2.75) is 13.2 Å². The van der Waals surface area contributed by atoms with Gasteiger partial charge in [-0.05, 0) is 17.7 Å². The maximum atomic E-state index is 6.04. The first kappa shape index (κ1) is 11.9. The van der Waals surface area contributed by atoms with Crippen molar-refractivity contribution in [3.63, 3.8) is 0 Å². The summed E-state index contributed by atoms with van der Waals surface area (Å²) in [6, 6.07) is 3.72. The fourth-order valence-corrected chi connectivity index (χ4v) is 2.15. The molecule has 0 radical (unpaired) electrons. The number of rotatable bonds is 4. The highest BCUT2D eigenvalue weighted by Gasteiger charge is 2.07. The van der Waals surface area contributed by atoms with E-state index in [9.17, 15) is 0 Å². The molecule has 0 aliphatic heterocycles. The van der Waals surface area contributed by atoms with Gasteiger partial charge in [0, 0.05) is 22.2 Å². The average molecular weight is 281 g/mol. The summed E-state index contributed by atoms with van der Waals surface area (Å²) in [5, 5.41) is 0.647. The molecular formula is C9H11BrClNO2. The van der Waals surface area contributed by atoms with Gasteiger partial charge in [-0.25, -0.2) is 5.90 Å². The maximum absolute atomic E-state index is 6.04. The van der Waals surface area contributed by atoms with Crippen molar-refractivity contribution in [2.75, 3.05) is 7.11 Å². The van der Waals surface area contributed by atoms with Crippen LogP contribution in [0.15, 0.2) is 16.6 Å². The zero-order valence-corrected chi connectivity index (χ0v) is 10.1. The van der Waals surface area contributed by atoms with Gasteiger partial charge in [0.25, 0.3) is 0 Å². The lowest BCUT2D eigenvalue weighted by atomic mass is 10.1. The Labute approximate surface area is 96.2 Å². The molecule has 1 aromatic rings. The van der Waals surface area contributed by atoms with Crippen molar-refractivity contribution in [3.8, 4) is 0 Å². The largest absolute Gasteiger partial charge is 0.380 e. The number of benzene rings is 1. The SMILES string of the molecule is COCc1c(Cl)cc(CON)cc1Br. The Bertz CT molecular complexity index is 297. The third-order valence-electron chi connectivity index (χ3n) is 1.74. The van der Waals surface area contributed by atoms with Gasteiger partial charge < -0.3 is 4.74 Å². The lowest BCUT2D eigenvalue weighted by Gasteiger charge is -2.08. The molecule has 1 aromatic carbocycles. The van der Waals surface area contributed by atoms with Gasteiger partial charge in [-0.1, -0.05) is 27.5 Å². The number of hydrogen-bond donors (Lipinski definition) is 1. The van der Waals surface area contributed by atoms with E-state index in [0.29, 0.717) is 18.2 Å². The standard InChI is InChI=1S/C9H11BrClNO2/c1-13-5-7-8(10)2-6(4-14-12)3-9(7)11/h2-3H,4-5,12H2,1H3. The van der Waals surface area contributed by atoms with Crippen LogP contribution in [-0.2, 0) is 22.8 Å². The molecule has 0 spiro atoms. The molecule has 3 nitrogen and oxygen atoms in total. The molecule has 0 atom stereocenters. The number of hydrogen-bond acceptors (Lipinski definition) is 3. The van der Waals surface area contributed by atoms with Crippen molar-refractivity contribution < 1.29 is 9.57 Å². The Morgan fingerprint density at radius 1 is 1.43 bits per heavy atom. The van der Waals surface area contributed by atoms with E-state index in [0.717, 1.165) is 15.6 Å². The molecule has 1 rings (SSSR count). The first-order valence-corrected chi connectivity index (χ1v) is 5.13. The third-order valence-corrected chi connectivity index (χ3v) is 2.78. The molecule has 0 heterocycles. The van der Waals surface area contributed by atoms with E-state index >= 15 is 0 Å². The van der Waals surface area contributed by atoms with Crippen molar-refractivity contribution in [3.05, 3.63) is 32.8 Å². The zero-order valence-electron chi connectivity index (χ0n) is 7.72. The highest BCUT2D eigenvalue weighted by Crippen LogP contribution is 2.27. The molecular weight excluding hydrogens is 269 g/mol. The van der Waals surface area contributed by atoms with E-state index in [1.807, 2.05) is 12.1 Å². The fraction of sp³-hybridized carbons (Fsp3) is 0.333. The summed E-state index contributed by atoms with van der Waals surface area (Å²) < 4.78 is 5.92. The van der Waals surface area contributed by atoms with Gasteiger partial charge in [0.15, 0.2) is 0 Å². The van der Waals surface area contributed by atoms with E-state index in [2.05, 4.69) is 20.8 Å². The minimum Gasteiger partial charge on any atom is -0.380 e. The molecule has 0 amide bonds. The molecule has 0 unspecified atom stereocenters. The smallest absolute Gasteiger partial charge is 0.0930 e. The van der Waals surface area contributed by atoms with E-state index in [1.54, 1.807) is 7.11 Å². The average Bonchev–Trinajstić information content (AvgIpc) is 2.12. The molecule has 0 fully saturated rings.